The molecule has 3 heterocycles. The zero-order valence-electron chi connectivity index (χ0n) is 20.2. The minimum absolute atomic E-state index is 0.0651. The van der Waals surface area contributed by atoms with Crippen molar-refractivity contribution in [3.63, 3.8) is 0 Å². The molecule has 0 spiro atoms. The summed E-state index contributed by atoms with van der Waals surface area (Å²) in [4.78, 5) is 48.0. The smallest absolute Gasteiger partial charge is 0.264 e. The number of halogens is 3. The molecular formula is C26H22ClF2N5O3S. The van der Waals surface area contributed by atoms with Crippen LogP contribution in [0.4, 0.5) is 20.2 Å². The van der Waals surface area contributed by atoms with Gasteiger partial charge in [-0.3, -0.25) is 19.0 Å². The number of aromatic nitrogens is 2. The third-order valence-corrected chi connectivity index (χ3v) is 7.73. The summed E-state index contributed by atoms with van der Waals surface area (Å²) in [6, 6.07) is 10.2. The number of amides is 2. The van der Waals surface area contributed by atoms with Crippen molar-refractivity contribution in [1.82, 2.24) is 14.5 Å². The number of hydrogen-bond donors (Lipinski definition) is 1. The molecule has 0 aliphatic carbocycles. The molecule has 0 saturated carbocycles. The van der Waals surface area contributed by atoms with Crippen LogP contribution in [0.15, 0.2) is 53.6 Å². The Labute approximate surface area is 225 Å². The third kappa shape index (κ3) is 5.25. The lowest BCUT2D eigenvalue weighted by Crippen LogP contribution is -2.48. The maximum atomic E-state index is 13.4. The summed E-state index contributed by atoms with van der Waals surface area (Å²) >= 11 is 7.25. The van der Waals surface area contributed by atoms with Crippen LogP contribution >= 0.6 is 22.9 Å². The highest BCUT2D eigenvalue weighted by atomic mass is 35.5. The fourth-order valence-electron chi connectivity index (χ4n) is 4.44. The molecular weight excluding hydrogens is 536 g/mol. The fourth-order valence-corrected chi connectivity index (χ4v) is 5.73. The molecule has 8 nitrogen and oxygen atoms in total. The van der Waals surface area contributed by atoms with Crippen LogP contribution in [0.2, 0.25) is 5.02 Å². The second-order valence-corrected chi connectivity index (χ2v) is 10.3. The predicted octanol–water partition coefficient (Wildman–Crippen LogP) is 4.30. The fraction of sp³-hybridized carbons (Fsp3) is 0.231. The quantitative estimate of drug-likeness (QED) is 0.395. The number of nitrogens with zero attached hydrogens (tertiary/aromatic N) is 4. The van der Waals surface area contributed by atoms with Gasteiger partial charge in [0.2, 0.25) is 5.91 Å². The van der Waals surface area contributed by atoms with Gasteiger partial charge in [-0.05, 0) is 42.8 Å². The zero-order valence-corrected chi connectivity index (χ0v) is 21.8. The number of thiophene rings is 1. The van der Waals surface area contributed by atoms with Crippen LogP contribution in [0.25, 0.3) is 10.2 Å². The van der Waals surface area contributed by atoms with E-state index >= 15 is 0 Å². The van der Waals surface area contributed by atoms with Gasteiger partial charge in [-0.2, -0.15) is 0 Å². The highest BCUT2D eigenvalue weighted by Crippen LogP contribution is 2.29. The van der Waals surface area contributed by atoms with Crippen molar-refractivity contribution >= 4 is 56.3 Å². The Bertz CT molecular complexity index is 1590. The lowest BCUT2D eigenvalue weighted by atomic mass is 10.2. The lowest BCUT2D eigenvalue weighted by Gasteiger charge is -2.36. The van der Waals surface area contributed by atoms with E-state index in [4.69, 9.17) is 11.6 Å². The third-order valence-electron chi connectivity index (χ3n) is 6.31. The van der Waals surface area contributed by atoms with Crippen LogP contribution in [0.5, 0.6) is 0 Å². The van der Waals surface area contributed by atoms with Crippen LogP contribution in [-0.4, -0.2) is 52.4 Å². The van der Waals surface area contributed by atoms with Crippen LogP contribution in [0.3, 0.4) is 0 Å². The van der Waals surface area contributed by atoms with Crippen molar-refractivity contribution < 1.29 is 18.4 Å². The topological polar surface area (TPSA) is 87.5 Å². The van der Waals surface area contributed by atoms with E-state index in [0.717, 1.165) is 33.7 Å². The summed E-state index contributed by atoms with van der Waals surface area (Å²) in [6.07, 6.45) is 1.23. The molecule has 38 heavy (non-hydrogen) atoms. The molecule has 2 amide bonds. The Hall–Kier alpha value is -3.83. The Morgan fingerprint density at radius 2 is 1.79 bits per heavy atom. The van der Waals surface area contributed by atoms with Crippen molar-refractivity contribution in [2.24, 2.45) is 0 Å². The normalized spacial score (nSPS) is 13.7. The van der Waals surface area contributed by atoms with Crippen molar-refractivity contribution in [2.45, 2.75) is 13.5 Å². The first-order chi connectivity index (χ1) is 18.2. The lowest BCUT2D eigenvalue weighted by molar-refractivity contribution is -0.116. The van der Waals surface area contributed by atoms with Gasteiger partial charge in [0, 0.05) is 48.6 Å². The Balaban J connectivity index is 1.31. The van der Waals surface area contributed by atoms with Crippen molar-refractivity contribution in [2.75, 3.05) is 36.4 Å². The van der Waals surface area contributed by atoms with Gasteiger partial charge in [0.05, 0.1) is 16.6 Å². The van der Waals surface area contributed by atoms with E-state index < -0.39 is 29.6 Å². The van der Waals surface area contributed by atoms with Crippen LogP contribution in [0, 0.1) is 18.6 Å². The van der Waals surface area contributed by atoms with Crippen LogP contribution in [0.1, 0.15) is 15.2 Å². The van der Waals surface area contributed by atoms with Gasteiger partial charge in [-0.15, -0.1) is 11.3 Å². The van der Waals surface area contributed by atoms with Crippen molar-refractivity contribution in [3.05, 3.63) is 86.2 Å². The molecule has 196 valence electrons. The number of fused-ring (bicyclic) bond motifs is 1. The van der Waals surface area contributed by atoms with Gasteiger partial charge in [0.25, 0.3) is 11.5 Å². The maximum absolute atomic E-state index is 13.4. The molecule has 2 aromatic carbocycles. The number of anilines is 2. The highest BCUT2D eigenvalue weighted by molar-refractivity contribution is 7.20. The minimum atomic E-state index is -0.836. The predicted molar refractivity (Wildman–Crippen MR) is 143 cm³/mol. The average Bonchev–Trinajstić information content (AvgIpc) is 3.21. The summed E-state index contributed by atoms with van der Waals surface area (Å²) in [7, 11) is 0. The van der Waals surface area contributed by atoms with Crippen molar-refractivity contribution in [1.29, 1.82) is 0 Å². The standard InChI is InChI=1S/C26H22ClF2N5O3S/c1-15-22-24(30-14-34(25(22)36)13-21(35)31-19-11-17(28)10-18(29)12-19)38-23(15)26(37)33-7-5-32(6-8-33)20-4-2-3-16(27)9-20/h2-4,9-12,14H,5-8,13H2,1H3,(H,31,35). The summed E-state index contributed by atoms with van der Waals surface area (Å²) in [5.74, 6) is -2.50. The second kappa shape index (κ2) is 10.5. The summed E-state index contributed by atoms with van der Waals surface area (Å²) in [6.45, 7) is 3.59. The first-order valence-electron chi connectivity index (χ1n) is 11.7. The number of benzene rings is 2. The highest BCUT2D eigenvalue weighted by Gasteiger charge is 2.27. The summed E-state index contributed by atoms with van der Waals surface area (Å²) < 4.78 is 27.9. The first kappa shape index (κ1) is 25.8. The Kier molecular flexibility index (Phi) is 7.13. The SMILES string of the molecule is Cc1c(C(=O)N2CCN(c3cccc(Cl)c3)CC2)sc2ncn(CC(=O)Nc3cc(F)cc(F)c3)c(=O)c12. The molecule has 0 atom stereocenters. The average molecular weight is 558 g/mol. The largest absolute Gasteiger partial charge is 0.368 e. The van der Waals surface area contributed by atoms with E-state index in [0.29, 0.717) is 52.5 Å². The van der Waals surface area contributed by atoms with E-state index in [2.05, 4.69) is 15.2 Å². The molecule has 1 aliphatic heterocycles. The first-order valence-corrected chi connectivity index (χ1v) is 12.9. The molecule has 0 unspecified atom stereocenters. The van der Waals surface area contributed by atoms with Gasteiger partial charge in [0.1, 0.15) is 23.0 Å². The van der Waals surface area contributed by atoms with Gasteiger partial charge in [-0.1, -0.05) is 17.7 Å². The molecule has 4 aromatic rings. The molecule has 1 saturated heterocycles. The van der Waals surface area contributed by atoms with Gasteiger partial charge < -0.3 is 15.1 Å². The molecule has 0 bridgehead atoms. The minimum Gasteiger partial charge on any atom is -0.368 e. The maximum Gasteiger partial charge on any atom is 0.264 e. The van der Waals surface area contributed by atoms with Gasteiger partial charge in [0.15, 0.2) is 0 Å². The number of carbonyl (C=O) groups excluding carboxylic acids is 2. The van der Waals surface area contributed by atoms with Gasteiger partial charge in [-0.25, -0.2) is 13.8 Å². The van der Waals surface area contributed by atoms with Gasteiger partial charge >= 0.3 is 0 Å². The molecule has 0 radical (unpaired) electrons. The number of rotatable bonds is 5. The second-order valence-electron chi connectivity index (χ2n) is 8.88. The van der Waals surface area contributed by atoms with E-state index in [1.54, 1.807) is 11.8 Å². The number of carbonyl (C=O) groups is 2. The molecule has 2 aromatic heterocycles. The number of piperazine rings is 1. The number of aryl methyl sites for hydroxylation is 1. The molecule has 1 fully saturated rings. The van der Waals surface area contributed by atoms with E-state index in [1.807, 2.05) is 24.3 Å². The van der Waals surface area contributed by atoms with E-state index in [9.17, 15) is 23.2 Å². The number of hydrogen-bond acceptors (Lipinski definition) is 6. The zero-order chi connectivity index (χ0) is 27.0. The van der Waals surface area contributed by atoms with Crippen LogP contribution < -0.4 is 15.8 Å². The van der Waals surface area contributed by atoms with Crippen molar-refractivity contribution in [3.8, 4) is 0 Å². The monoisotopic (exact) mass is 557 g/mol. The molecule has 1 N–H and O–H groups in total. The summed E-state index contributed by atoms with van der Waals surface area (Å²) in [5, 5.41) is 3.29. The van der Waals surface area contributed by atoms with E-state index in [1.165, 1.54) is 6.33 Å². The molecule has 12 heteroatoms. The van der Waals surface area contributed by atoms with Crippen LogP contribution in [-0.2, 0) is 11.3 Å². The Morgan fingerprint density at radius 1 is 1.08 bits per heavy atom. The number of nitrogens with one attached hydrogen (secondary N) is 1. The molecule has 5 rings (SSSR count). The Morgan fingerprint density at radius 3 is 2.47 bits per heavy atom. The van der Waals surface area contributed by atoms with E-state index in [-0.39, 0.29) is 17.0 Å². The molecule has 1 aliphatic rings. The summed E-state index contributed by atoms with van der Waals surface area (Å²) in [5.41, 5.74) is 0.962.